The van der Waals surface area contributed by atoms with Gasteiger partial charge in [0.25, 0.3) is 0 Å². The topological polar surface area (TPSA) is 30.9 Å². The first-order valence-corrected chi connectivity index (χ1v) is 8.94. The Balaban J connectivity index is 1.67. The first kappa shape index (κ1) is 16.6. The molecule has 0 bridgehead atoms. The van der Waals surface area contributed by atoms with E-state index in [1.807, 2.05) is 7.05 Å². The summed E-state index contributed by atoms with van der Waals surface area (Å²) in [5.41, 5.74) is 0. The maximum absolute atomic E-state index is 4.47. The highest BCUT2D eigenvalue weighted by atomic mass is 15.3. The first-order valence-electron chi connectivity index (χ1n) is 8.94. The molecule has 21 heavy (non-hydrogen) atoms. The minimum atomic E-state index is 0.801. The largest absolute Gasteiger partial charge is 0.356 e. The fraction of sp³-hybridized carbons (Fsp3) is 0.941. The molecule has 4 heteroatoms. The lowest BCUT2D eigenvalue weighted by atomic mass is 10.1. The molecule has 2 aliphatic rings. The minimum absolute atomic E-state index is 0.801. The van der Waals surface area contributed by atoms with Gasteiger partial charge in [-0.05, 0) is 44.2 Å². The predicted octanol–water partition coefficient (Wildman–Crippen LogP) is 2.42. The van der Waals surface area contributed by atoms with Crippen molar-refractivity contribution in [3.63, 3.8) is 0 Å². The van der Waals surface area contributed by atoms with Gasteiger partial charge in [-0.15, -0.1) is 0 Å². The molecule has 0 radical (unpaired) electrons. The number of likely N-dealkylation sites (tertiary alicyclic amines) is 1. The summed E-state index contributed by atoms with van der Waals surface area (Å²) in [6.45, 7) is 11.5. The van der Waals surface area contributed by atoms with Gasteiger partial charge in [0, 0.05) is 33.2 Å². The summed E-state index contributed by atoms with van der Waals surface area (Å²) in [5, 5.41) is 3.56. The van der Waals surface area contributed by atoms with Crippen LogP contribution in [0.15, 0.2) is 4.99 Å². The van der Waals surface area contributed by atoms with Crippen molar-refractivity contribution in [2.75, 3.05) is 46.3 Å². The van der Waals surface area contributed by atoms with E-state index < -0.39 is 0 Å². The van der Waals surface area contributed by atoms with Gasteiger partial charge in [0.15, 0.2) is 5.96 Å². The predicted molar refractivity (Wildman–Crippen MR) is 90.8 cm³/mol. The van der Waals surface area contributed by atoms with Crippen LogP contribution in [0.4, 0.5) is 0 Å². The standard InChI is InChI=1S/C17H34N4/c1-4-20(5-2)13-16-10-12-21(14-16)17(18-3)19-11-6-7-15-8-9-15/h15-16H,4-14H2,1-3H3,(H,18,19). The molecule has 122 valence electrons. The van der Waals surface area contributed by atoms with E-state index >= 15 is 0 Å². The van der Waals surface area contributed by atoms with Crippen molar-refractivity contribution < 1.29 is 0 Å². The molecule has 2 fully saturated rings. The number of nitrogens with zero attached hydrogens (tertiary/aromatic N) is 3. The van der Waals surface area contributed by atoms with E-state index in [1.165, 1.54) is 58.3 Å². The summed E-state index contributed by atoms with van der Waals surface area (Å²) < 4.78 is 0. The fourth-order valence-electron chi connectivity index (χ4n) is 3.35. The van der Waals surface area contributed by atoms with E-state index in [4.69, 9.17) is 0 Å². The van der Waals surface area contributed by atoms with Crippen molar-refractivity contribution in [1.29, 1.82) is 0 Å². The molecule has 1 saturated heterocycles. The Labute approximate surface area is 131 Å². The molecule has 0 aromatic rings. The lowest BCUT2D eigenvalue weighted by molar-refractivity contribution is 0.255. The Bertz CT molecular complexity index is 321. The van der Waals surface area contributed by atoms with Crippen molar-refractivity contribution in [2.24, 2.45) is 16.8 Å². The maximum atomic E-state index is 4.47. The summed E-state index contributed by atoms with van der Waals surface area (Å²) in [7, 11) is 1.92. The monoisotopic (exact) mass is 294 g/mol. The Morgan fingerprint density at radius 3 is 2.57 bits per heavy atom. The third kappa shape index (κ3) is 5.50. The van der Waals surface area contributed by atoms with E-state index in [2.05, 4.69) is 34.0 Å². The van der Waals surface area contributed by atoms with E-state index in [-0.39, 0.29) is 0 Å². The van der Waals surface area contributed by atoms with Gasteiger partial charge in [0.1, 0.15) is 0 Å². The average molecular weight is 294 g/mol. The Morgan fingerprint density at radius 1 is 1.19 bits per heavy atom. The molecule has 0 spiro atoms. The highest BCUT2D eigenvalue weighted by molar-refractivity contribution is 5.80. The Kier molecular flexibility index (Phi) is 6.81. The molecule has 1 aliphatic heterocycles. The van der Waals surface area contributed by atoms with E-state index in [9.17, 15) is 0 Å². The van der Waals surface area contributed by atoms with Crippen LogP contribution >= 0.6 is 0 Å². The summed E-state index contributed by atoms with van der Waals surface area (Å²) in [6, 6.07) is 0. The number of hydrogen-bond acceptors (Lipinski definition) is 2. The second-order valence-corrected chi connectivity index (χ2v) is 6.65. The van der Waals surface area contributed by atoms with Crippen LogP contribution in [0.2, 0.25) is 0 Å². The molecule has 4 nitrogen and oxygen atoms in total. The molecule has 1 atom stereocenters. The van der Waals surface area contributed by atoms with Crippen LogP contribution < -0.4 is 5.32 Å². The smallest absolute Gasteiger partial charge is 0.193 e. The van der Waals surface area contributed by atoms with Crippen LogP contribution in [0.25, 0.3) is 0 Å². The van der Waals surface area contributed by atoms with E-state index in [0.717, 1.165) is 30.9 Å². The number of aliphatic imine (C=N–C) groups is 1. The zero-order valence-electron chi connectivity index (χ0n) is 14.3. The van der Waals surface area contributed by atoms with Crippen molar-refractivity contribution in [3.05, 3.63) is 0 Å². The van der Waals surface area contributed by atoms with Crippen LogP contribution in [0.1, 0.15) is 46.0 Å². The third-order valence-electron chi connectivity index (χ3n) is 4.98. The highest BCUT2D eigenvalue weighted by Crippen LogP contribution is 2.33. The second-order valence-electron chi connectivity index (χ2n) is 6.65. The lowest BCUT2D eigenvalue weighted by Gasteiger charge is -2.24. The molecule has 0 aromatic heterocycles. The van der Waals surface area contributed by atoms with Crippen molar-refractivity contribution in [2.45, 2.75) is 46.0 Å². The van der Waals surface area contributed by atoms with Crippen molar-refractivity contribution >= 4 is 5.96 Å². The summed E-state index contributed by atoms with van der Waals surface area (Å²) in [4.78, 5) is 9.47. The van der Waals surface area contributed by atoms with Crippen LogP contribution in [0, 0.1) is 11.8 Å². The Morgan fingerprint density at radius 2 is 1.95 bits per heavy atom. The second kappa shape index (κ2) is 8.62. The quantitative estimate of drug-likeness (QED) is 0.424. The number of nitrogens with one attached hydrogen (secondary N) is 1. The van der Waals surface area contributed by atoms with Gasteiger partial charge in [0.05, 0.1) is 0 Å². The van der Waals surface area contributed by atoms with Gasteiger partial charge >= 0.3 is 0 Å². The molecule has 1 unspecified atom stereocenters. The normalized spacial score (nSPS) is 23.1. The molecular weight excluding hydrogens is 260 g/mol. The fourth-order valence-corrected chi connectivity index (χ4v) is 3.35. The molecule has 0 aromatic carbocycles. The molecule has 2 rings (SSSR count). The summed E-state index contributed by atoms with van der Waals surface area (Å²) in [5.74, 6) is 2.96. The van der Waals surface area contributed by atoms with Gasteiger partial charge in [-0.25, -0.2) is 0 Å². The van der Waals surface area contributed by atoms with Crippen LogP contribution in [-0.2, 0) is 0 Å². The minimum Gasteiger partial charge on any atom is -0.356 e. The van der Waals surface area contributed by atoms with Gasteiger partial charge in [0.2, 0.25) is 0 Å². The number of hydrogen-bond donors (Lipinski definition) is 1. The highest BCUT2D eigenvalue weighted by Gasteiger charge is 2.26. The van der Waals surface area contributed by atoms with Crippen LogP contribution in [0.5, 0.6) is 0 Å². The van der Waals surface area contributed by atoms with Crippen molar-refractivity contribution in [3.8, 4) is 0 Å². The zero-order valence-corrected chi connectivity index (χ0v) is 14.3. The van der Waals surface area contributed by atoms with Gasteiger partial charge in [-0.1, -0.05) is 26.7 Å². The Hall–Kier alpha value is -0.770. The number of rotatable bonds is 8. The molecule has 1 saturated carbocycles. The van der Waals surface area contributed by atoms with E-state index in [1.54, 1.807) is 0 Å². The van der Waals surface area contributed by atoms with Gasteiger partial charge in [-0.2, -0.15) is 0 Å². The van der Waals surface area contributed by atoms with Crippen molar-refractivity contribution in [1.82, 2.24) is 15.1 Å². The van der Waals surface area contributed by atoms with Crippen LogP contribution in [0.3, 0.4) is 0 Å². The van der Waals surface area contributed by atoms with Gasteiger partial charge in [-0.3, -0.25) is 4.99 Å². The molecule has 1 heterocycles. The third-order valence-corrected chi connectivity index (χ3v) is 4.98. The van der Waals surface area contributed by atoms with Crippen LogP contribution in [-0.4, -0.2) is 62.1 Å². The SMILES string of the molecule is CCN(CC)CC1CCN(C(=NC)NCCCC2CC2)C1. The lowest BCUT2D eigenvalue weighted by Crippen LogP contribution is -2.41. The molecule has 1 aliphatic carbocycles. The molecule has 1 N–H and O–H groups in total. The van der Waals surface area contributed by atoms with Gasteiger partial charge < -0.3 is 15.1 Å². The molecular formula is C17H34N4. The average Bonchev–Trinajstić information content (AvgIpc) is 3.22. The first-order chi connectivity index (χ1) is 10.3. The maximum Gasteiger partial charge on any atom is 0.193 e. The summed E-state index contributed by atoms with van der Waals surface area (Å²) >= 11 is 0. The zero-order chi connectivity index (χ0) is 15.1. The number of guanidine groups is 1. The molecule has 0 amide bonds. The van der Waals surface area contributed by atoms with E-state index in [0.29, 0.717) is 0 Å². The summed E-state index contributed by atoms with van der Waals surface area (Å²) in [6.07, 6.45) is 6.93.